The molecule has 32 heavy (non-hydrogen) atoms. The Labute approximate surface area is 199 Å². The van der Waals surface area contributed by atoms with Crippen LogP contribution in [0.1, 0.15) is 27.0 Å². The van der Waals surface area contributed by atoms with Gasteiger partial charge in [0.2, 0.25) is 0 Å². The van der Waals surface area contributed by atoms with Gasteiger partial charge in [-0.3, -0.25) is 9.59 Å². The van der Waals surface area contributed by atoms with Gasteiger partial charge in [0.1, 0.15) is 5.75 Å². The first-order chi connectivity index (χ1) is 15.3. The maximum Gasteiger partial charge on any atom is 0.271 e. The lowest BCUT2D eigenvalue weighted by molar-refractivity contribution is -0.118. The SMILES string of the molecule is Cc1ccc(NC(=O)COc2ccc(Br)cc2/C=N/NC(=O)c2ccc(Cl)cc2)c(C)c1. The largest absolute Gasteiger partial charge is 0.483 e. The van der Waals surface area contributed by atoms with Crippen molar-refractivity contribution in [3.8, 4) is 5.75 Å². The van der Waals surface area contributed by atoms with E-state index in [4.69, 9.17) is 16.3 Å². The third kappa shape index (κ3) is 6.67. The van der Waals surface area contributed by atoms with Crippen LogP contribution < -0.4 is 15.5 Å². The molecule has 0 heterocycles. The monoisotopic (exact) mass is 513 g/mol. The number of halogens is 2. The van der Waals surface area contributed by atoms with Gasteiger partial charge in [-0.1, -0.05) is 45.2 Å². The normalized spacial score (nSPS) is 10.8. The van der Waals surface area contributed by atoms with E-state index < -0.39 is 0 Å². The second-order valence-electron chi connectivity index (χ2n) is 7.04. The van der Waals surface area contributed by atoms with Gasteiger partial charge in [0.15, 0.2) is 6.61 Å². The first-order valence-corrected chi connectivity index (χ1v) is 10.9. The molecule has 0 spiro atoms. The molecule has 164 valence electrons. The minimum Gasteiger partial charge on any atom is -0.483 e. The Hall–Kier alpha value is -3.16. The van der Waals surface area contributed by atoms with Crippen molar-refractivity contribution in [3.63, 3.8) is 0 Å². The molecule has 0 aliphatic heterocycles. The van der Waals surface area contributed by atoms with Crippen molar-refractivity contribution in [2.45, 2.75) is 13.8 Å². The number of carbonyl (C=O) groups is 2. The number of aryl methyl sites for hydroxylation is 2. The average Bonchev–Trinajstić information content (AvgIpc) is 2.75. The van der Waals surface area contributed by atoms with Gasteiger partial charge in [-0.25, -0.2) is 5.43 Å². The Kier molecular flexibility index (Phi) is 8.03. The predicted molar refractivity (Wildman–Crippen MR) is 131 cm³/mol. The van der Waals surface area contributed by atoms with Gasteiger partial charge in [-0.2, -0.15) is 5.10 Å². The van der Waals surface area contributed by atoms with Crippen LogP contribution in [0, 0.1) is 13.8 Å². The molecule has 8 heteroatoms. The summed E-state index contributed by atoms with van der Waals surface area (Å²) < 4.78 is 6.49. The van der Waals surface area contributed by atoms with Crippen LogP contribution in [0.5, 0.6) is 5.75 Å². The van der Waals surface area contributed by atoms with E-state index >= 15 is 0 Å². The maximum atomic E-state index is 12.3. The van der Waals surface area contributed by atoms with E-state index in [0.717, 1.165) is 21.3 Å². The van der Waals surface area contributed by atoms with E-state index in [9.17, 15) is 9.59 Å². The summed E-state index contributed by atoms with van der Waals surface area (Å²) in [6, 6.07) is 17.6. The van der Waals surface area contributed by atoms with Crippen molar-refractivity contribution < 1.29 is 14.3 Å². The minimum atomic E-state index is -0.372. The molecule has 0 unspecified atom stereocenters. The second kappa shape index (κ2) is 10.9. The summed E-state index contributed by atoms with van der Waals surface area (Å²) in [5.41, 5.74) is 6.33. The summed E-state index contributed by atoms with van der Waals surface area (Å²) in [4.78, 5) is 24.5. The summed E-state index contributed by atoms with van der Waals surface area (Å²) in [6.45, 7) is 3.76. The molecule has 0 radical (unpaired) electrons. The number of amides is 2. The molecule has 0 atom stereocenters. The van der Waals surface area contributed by atoms with Gasteiger partial charge in [0, 0.05) is 26.3 Å². The van der Waals surface area contributed by atoms with Crippen molar-refractivity contribution >= 4 is 51.2 Å². The Balaban J connectivity index is 1.62. The Morgan fingerprint density at radius 2 is 1.81 bits per heavy atom. The summed E-state index contributed by atoms with van der Waals surface area (Å²) in [5.74, 6) is -0.199. The molecule has 3 aromatic carbocycles. The van der Waals surface area contributed by atoms with Gasteiger partial charge < -0.3 is 10.1 Å². The Morgan fingerprint density at radius 1 is 1.06 bits per heavy atom. The van der Waals surface area contributed by atoms with Crippen LogP contribution in [0.15, 0.2) is 70.2 Å². The van der Waals surface area contributed by atoms with Gasteiger partial charge in [0.25, 0.3) is 11.8 Å². The van der Waals surface area contributed by atoms with Crippen molar-refractivity contribution in [2.24, 2.45) is 5.10 Å². The van der Waals surface area contributed by atoms with Gasteiger partial charge in [-0.15, -0.1) is 0 Å². The average molecular weight is 515 g/mol. The fraction of sp³-hybridized carbons (Fsp3) is 0.125. The van der Waals surface area contributed by atoms with Gasteiger partial charge in [0.05, 0.1) is 6.21 Å². The molecular weight excluding hydrogens is 494 g/mol. The number of hydrazone groups is 1. The zero-order valence-electron chi connectivity index (χ0n) is 17.5. The number of anilines is 1. The highest BCUT2D eigenvalue weighted by Crippen LogP contribution is 2.22. The summed E-state index contributed by atoms with van der Waals surface area (Å²) in [7, 11) is 0. The zero-order chi connectivity index (χ0) is 23.1. The molecule has 3 rings (SSSR count). The highest BCUT2D eigenvalue weighted by molar-refractivity contribution is 9.10. The molecule has 0 aliphatic rings. The van der Waals surface area contributed by atoms with Crippen LogP contribution in [0.4, 0.5) is 5.69 Å². The molecule has 0 aromatic heterocycles. The molecular formula is C24H21BrClN3O3. The van der Waals surface area contributed by atoms with Crippen molar-refractivity contribution in [3.05, 3.63) is 92.4 Å². The number of rotatable bonds is 7. The number of benzene rings is 3. The van der Waals surface area contributed by atoms with Crippen LogP contribution in [0.2, 0.25) is 5.02 Å². The van der Waals surface area contributed by atoms with Gasteiger partial charge in [-0.05, 0) is 67.9 Å². The third-order valence-corrected chi connectivity index (χ3v) is 5.21. The highest BCUT2D eigenvalue weighted by Gasteiger charge is 2.09. The fourth-order valence-corrected chi connectivity index (χ4v) is 3.37. The maximum absolute atomic E-state index is 12.3. The van der Waals surface area contributed by atoms with E-state index in [1.807, 2.05) is 32.0 Å². The number of nitrogens with zero attached hydrogens (tertiary/aromatic N) is 1. The van der Waals surface area contributed by atoms with Crippen molar-refractivity contribution in [2.75, 3.05) is 11.9 Å². The molecule has 6 nitrogen and oxygen atoms in total. The Morgan fingerprint density at radius 3 is 2.53 bits per heavy atom. The fourth-order valence-electron chi connectivity index (χ4n) is 2.86. The molecule has 0 saturated heterocycles. The molecule has 0 saturated carbocycles. The number of hydrogen-bond acceptors (Lipinski definition) is 4. The number of carbonyl (C=O) groups excluding carboxylic acids is 2. The molecule has 2 amide bonds. The van der Waals surface area contributed by atoms with E-state index in [1.165, 1.54) is 6.21 Å². The first kappa shape index (κ1) is 23.5. The predicted octanol–water partition coefficient (Wildman–Crippen LogP) is 5.50. The third-order valence-electron chi connectivity index (χ3n) is 4.46. The molecule has 0 aliphatic carbocycles. The van der Waals surface area contributed by atoms with E-state index in [0.29, 0.717) is 21.9 Å². The number of hydrogen-bond donors (Lipinski definition) is 2. The van der Waals surface area contributed by atoms with Crippen LogP contribution in [-0.2, 0) is 4.79 Å². The summed E-state index contributed by atoms with van der Waals surface area (Å²) >= 11 is 9.24. The smallest absolute Gasteiger partial charge is 0.271 e. The number of nitrogens with one attached hydrogen (secondary N) is 2. The molecule has 0 bridgehead atoms. The summed E-state index contributed by atoms with van der Waals surface area (Å²) in [6.07, 6.45) is 1.45. The van der Waals surface area contributed by atoms with Crippen molar-refractivity contribution in [1.82, 2.24) is 5.43 Å². The van der Waals surface area contributed by atoms with E-state index in [1.54, 1.807) is 42.5 Å². The van der Waals surface area contributed by atoms with Crippen LogP contribution in [0.3, 0.4) is 0 Å². The molecule has 3 aromatic rings. The van der Waals surface area contributed by atoms with Gasteiger partial charge >= 0.3 is 0 Å². The lowest BCUT2D eigenvalue weighted by Gasteiger charge is -2.12. The summed E-state index contributed by atoms with van der Waals surface area (Å²) in [5, 5.41) is 7.39. The lowest BCUT2D eigenvalue weighted by atomic mass is 10.1. The zero-order valence-corrected chi connectivity index (χ0v) is 19.8. The van der Waals surface area contributed by atoms with E-state index in [-0.39, 0.29) is 18.4 Å². The van der Waals surface area contributed by atoms with Crippen molar-refractivity contribution in [1.29, 1.82) is 0 Å². The second-order valence-corrected chi connectivity index (χ2v) is 8.40. The minimum absolute atomic E-state index is 0.174. The molecule has 2 N–H and O–H groups in total. The standard InChI is InChI=1S/C24H21BrClN3O3/c1-15-3-9-21(16(2)11-15)28-23(30)14-32-22-10-6-19(25)12-18(22)13-27-29-24(31)17-4-7-20(26)8-5-17/h3-13H,14H2,1-2H3,(H,28,30)(H,29,31)/b27-13+. The van der Waals surface area contributed by atoms with E-state index in [2.05, 4.69) is 31.8 Å². The van der Waals surface area contributed by atoms with Crippen LogP contribution in [0.25, 0.3) is 0 Å². The molecule has 0 fully saturated rings. The topological polar surface area (TPSA) is 79.8 Å². The quantitative estimate of drug-likeness (QED) is 0.323. The Bertz CT molecular complexity index is 1160. The number of ether oxygens (including phenoxy) is 1. The first-order valence-electron chi connectivity index (χ1n) is 9.70. The highest BCUT2D eigenvalue weighted by atomic mass is 79.9. The van der Waals surface area contributed by atoms with Crippen LogP contribution >= 0.6 is 27.5 Å². The lowest BCUT2D eigenvalue weighted by Crippen LogP contribution is -2.21. The van der Waals surface area contributed by atoms with Crippen LogP contribution in [-0.4, -0.2) is 24.6 Å².